The van der Waals surface area contributed by atoms with Gasteiger partial charge < -0.3 is 15.2 Å². The minimum Gasteiger partial charge on any atom is -0.496 e. The highest BCUT2D eigenvalue weighted by molar-refractivity contribution is 6.30. The summed E-state index contributed by atoms with van der Waals surface area (Å²) in [5.74, 6) is 0.775. The summed E-state index contributed by atoms with van der Waals surface area (Å²) in [6, 6.07) is 5.47. The third-order valence-corrected chi connectivity index (χ3v) is 3.55. The SMILES string of the molecule is COc1ccc(Cl)cc1[C@H](CO)N1CCNCC1. The van der Waals surface area contributed by atoms with Crippen molar-refractivity contribution in [1.82, 2.24) is 10.2 Å². The molecule has 0 aromatic heterocycles. The zero-order valence-corrected chi connectivity index (χ0v) is 11.3. The summed E-state index contributed by atoms with van der Waals surface area (Å²) in [5.41, 5.74) is 0.953. The number of rotatable bonds is 4. The van der Waals surface area contributed by atoms with Crippen LogP contribution >= 0.6 is 11.6 Å². The topological polar surface area (TPSA) is 44.7 Å². The van der Waals surface area contributed by atoms with E-state index in [1.54, 1.807) is 13.2 Å². The lowest BCUT2D eigenvalue weighted by atomic mass is 10.0. The summed E-state index contributed by atoms with van der Waals surface area (Å²) in [4.78, 5) is 2.25. The fourth-order valence-corrected chi connectivity index (χ4v) is 2.55. The van der Waals surface area contributed by atoms with E-state index >= 15 is 0 Å². The first-order valence-corrected chi connectivity index (χ1v) is 6.53. The molecule has 18 heavy (non-hydrogen) atoms. The number of aliphatic hydroxyl groups excluding tert-OH is 1. The van der Waals surface area contributed by atoms with E-state index in [1.165, 1.54) is 0 Å². The molecule has 0 radical (unpaired) electrons. The van der Waals surface area contributed by atoms with Gasteiger partial charge in [0.15, 0.2) is 0 Å². The van der Waals surface area contributed by atoms with Crippen molar-refractivity contribution in [3.63, 3.8) is 0 Å². The summed E-state index contributed by atoms with van der Waals surface area (Å²) < 4.78 is 5.36. The summed E-state index contributed by atoms with van der Waals surface area (Å²) in [6.07, 6.45) is 0. The smallest absolute Gasteiger partial charge is 0.123 e. The van der Waals surface area contributed by atoms with E-state index in [0.29, 0.717) is 5.02 Å². The molecule has 100 valence electrons. The van der Waals surface area contributed by atoms with Crippen molar-refractivity contribution in [2.24, 2.45) is 0 Å². The van der Waals surface area contributed by atoms with Crippen molar-refractivity contribution in [1.29, 1.82) is 0 Å². The van der Waals surface area contributed by atoms with E-state index in [4.69, 9.17) is 16.3 Å². The molecule has 0 unspecified atom stereocenters. The molecule has 1 aromatic carbocycles. The first-order chi connectivity index (χ1) is 8.76. The average molecular weight is 271 g/mol. The molecule has 0 spiro atoms. The van der Waals surface area contributed by atoms with Crippen LogP contribution in [0, 0.1) is 0 Å². The lowest BCUT2D eigenvalue weighted by molar-refractivity contribution is 0.109. The van der Waals surface area contributed by atoms with Gasteiger partial charge in [0.05, 0.1) is 19.8 Å². The van der Waals surface area contributed by atoms with Crippen LogP contribution in [-0.4, -0.2) is 49.9 Å². The monoisotopic (exact) mass is 270 g/mol. The summed E-state index contributed by atoms with van der Waals surface area (Å²) >= 11 is 6.05. The highest BCUT2D eigenvalue weighted by Crippen LogP contribution is 2.31. The Morgan fingerprint density at radius 1 is 1.44 bits per heavy atom. The van der Waals surface area contributed by atoms with E-state index in [0.717, 1.165) is 37.5 Å². The third kappa shape index (κ3) is 2.95. The van der Waals surface area contributed by atoms with Crippen molar-refractivity contribution >= 4 is 11.6 Å². The van der Waals surface area contributed by atoms with Crippen LogP contribution in [0.15, 0.2) is 18.2 Å². The maximum Gasteiger partial charge on any atom is 0.123 e. The van der Waals surface area contributed by atoms with Crippen LogP contribution in [0.5, 0.6) is 5.75 Å². The van der Waals surface area contributed by atoms with Crippen LogP contribution in [0.4, 0.5) is 0 Å². The van der Waals surface area contributed by atoms with Gasteiger partial charge in [-0.1, -0.05) is 11.6 Å². The highest BCUT2D eigenvalue weighted by Gasteiger charge is 2.24. The van der Waals surface area contributed by atoms with Crippen LogP contribution in [-0.2, 0) is 0 Å². The number of halogens is 1. The number of hydrogen-bond acceptors (Lipinski definition) is 4. The summed E-state index contributed by atoms with van der Waals surface area (Å²) in [7, 11) is 1.64. The van der Waals surface area contributed by atoms with Crippen molar-refractivity contribution in [3.8, 4) is 5.75 Å². The Hall–Kier alpha value is -0.810. The van der Waals surface area contributed by atoms with Crippen LogP contribution in [0.3, 0.4) is 0 Å². The molecule has 1 heterocycles. The summed E-state index contributed by atoms with van der Waals surface area (Å²) in [6.45, 7) is 3.79. The second-order valence-corrected chi connectivity index (χ2v) is 4.81. The molecule has 5 heteroatoms. The second kappa shape index (κ2) is 6.38. The maximum absolute atomic E-state index is 9.68. The van der Waals surface area contributed by atoms with Crippen molar-refractivity contribution in [3.05, 3.63) is 28.8 Å². The molecule has 1 aromatic rings. The number of benzene rings is 1. The fraction of sp³-hybridized carbons (Fsp3) is 0.538. The van der Waals surface area contributed by atoms with Gasteiger partial charge in [-0.25, -0.2) is 0 Å². The first-order valence-electron chi connectivity index (χ1n) is 6.15. The highest BCUT2D eigenvalue weighted by atomic mass is 35.5. The molecule has 0 bridgehead atoms. The number of aliphatic hydroxyl groups is 1. The zero-order valence-electron chi connectivity index (χ0n) is 10.5. The van der Waals surface area contributed by atoms with E-state index in [2.05, 4.69) is 10.2 Å². The van der Waals surface area contributed by atoms with Gasteiger partial charge in [0.25, 0.3) is 0 Å². The van der Waals surface area contributed by atoms with Gasteiger partial charge >= 0.3 is 0 Å². The molecule has 1 saturated heterocycles. The quantitative estimate of drug-likeness (QED) is 0.865. The van der Waals surface area contributed by atoms with Crippen LogP contribution in [0.25, 0.3) is 0 Å². The minimum absolute atomic E-state index is 0.0549. The van der Waals surface area contributed by atoms with E-state index in [9.17, 15) is 5.11 Å². The molecule has 0 amide bonds. The van der Waals surface area contributed by atoms with Crippen molar-refractivity contribution < 1.29 is 9.84 Å². The number of piperazine rings is 1. The largest absolute Gasteiger partial charge is 0.496 e. The third-order valence-electron chi connectivity index (χ3n) is 3.32. The number of nitrogens with zero attached hydrogens (tertiary/aromatic N) is 1. The molecule has 2 rings (SSSR count). The predicted molar refractivity (Wildman–Crippen MR) is 72.3 cm³/mol. The van der Waals surface area contributed by atoms with Crippen LogP contribution in [0.1, 0.15) is 11.6 Å². The van der Waals surface area contributed by atoms with E-state index in [-0.39, 0.29) is 12.6 Å². The van der Waals surface area contributed by atoms with Crippen molar-refractivity contribution in [2.75, 3.05) is 39.9 Å². The minimum atomic E-state index is -0.0549. The Morgan fingerprint density at radius 3 is 2.78 bits per heavy atom. The van der Waals surface area contributed by atoms with Crippen LogP contribution < -0.4 is 10.1 Å². The van der Waals surface area contributed by atoms with E-state index < -0.39 is 0 Å². The fourth-order valence-electron chi connectivity index (χ4n) is 2.37. The maximum atomic E-state index is 9.68. The lowest BCUT2D eigenvalue weighted by Gasteiger charge is -2.34. The van der Waals surface area contributed by atoms with E-state index in [1.807, 2.05) is 12.1 Å². The molecule has 1 atom stereocenters. The normalized spacial score (nSPS) is 18.6. The lowest BCUT2D eigenvalue weighted by Crippen LogP contribution is -2.46. The summed E-state index contributed by atoms with van der Waals surface area (Å²) in [5, 5.41) is 13.7. The van der Waals surface area contributed by atoms with Gasteiger partial charge in [0.2, 0.25) is 0 Å². The molecule has 0 aliphatic carbocycles. The number of nitrogens with one attached hydrogen (secondary N) is 1. The Labute approximate surface area is 113 Å². The molecule has 1 aliphatic heterocycles. The molecular weight excluding hydrogens is 252 g/mol. The van der Waals surface area contributed by atoms with Gasteiger partial charge in [-0.3, -0.25) is 4.90 Å². The molecular formula is C13H19ClN2O2. The number of ether oxygens (including phenoxy) is 1. The van der Waals surface area contributed by atoms with Gasteiger partial charge in [-0.05, 0) is 18.2 Å². The van der Waals surface area contributed by atoms with Gasteiger partial charge in [0.1, 0.15) is 5.75 Å². The van der Waals surface area contributed by atoms with Gasteiger partial charge in [0, 0.05) is 36.8 Å². The Balaban J connectivity index is 2.27. The molecule has 0 saturated carbocycles. The standard InChI is InChI=1S/C13H19ClN2O2/c1-18-13-3-2-10(14)8-11(13)12(9-17)16-6-4-15-5-7-16/h2-3,8,12,15,17H,4-7,9H2,1H3/t12-/m0/s1. The Kier molecular flexibility index (Phi) is 4.83. The zero-order chi connectivity index (χ0) is 13.0. The van der Waals surface area contributed by atoms with Crippen LogP contribution in [0.2, 0.25) is 5.02 Å². The molecule has 4 nitrogen and oxygen atoms in total. The molecule has 2 N–H and O–H groups in total. The Bertz CT molecular complexity index is 395. The average Bonchev–Trinajstić information content (AvgIpc) is 2.41. The second-order valence-electron chi connectivity index (χ2n) is 4.37. The first kappa shape index (κ1) is 13.6. The molecule has 1 aliphatic rings. The molecule has 1 fully saturated rings. The van der Waals surface area contributed by atoms with Crippen molar-refractivity contribution in [2.45, 2.75) is 6.04 Å². The number of methoxy groups -OCH3 is 1. The van der Waals surface area contributed by atoms with Gasteiger partial charge in [-0.2, -0.15) is 0 Å². The predicted octanol–water partition coefficient (Wildman–Crippen LogP) is 1.29. The Morgan fingerprint density at radius 2 is 2.17 bits per heavy atom. The van der Waals surface area contributed by atoms with Gasteiger partial charge in [-0.15, -0.1) is 0 Å². The number of hydrogen-bond donors (Lipinski definition) is 2.